The number of amides is 1. The van der Waals surface area contributed by atoms with Crippen LogP contribution in [0.1, 0.15) is 13.3 Å². The van der Waals surface area contributed by atoms with E-state index in [1.807, 2.05) is 19.1 Å². The van der Waals surface area contributed by atoms with Crippen molar-refractivity contribution in [3.63, 3.8) is 0 Å². The van der Waals surface area contributed by atoms with Gasteiger partial charge in [0.25, 0.3) is 0 Å². The van der Waals surface area contributed by atoms with Crippen molar-refractivity contribution in [2.24, 2.45) is 0 Å². The minimum Gasteiger partial charge on any atom is -0.399 e. The molecule has 2 rings (SSSR count). The topological polar surface area (TPSA) is 67.2 Å². The highest BCUT2D eigenvalue weighted by Crippen LogP contribution is 2.28. The molecule has 74 valence electrons. The molecule has 1 aliphatic heterocycles. The van der Waals surface area contributed by atoms with Crippen LogP contribution in [0.15, 0.2) is 18.2 Å². The van der Waals surface area contributed by atoms with Gasteiger partial charge in [0.2, 0.25) is 5.91 Å². The maximum absolute atomic E-state index is 11.5. The molecule has 0 saturated carbocycles. The normalized spacial score (nSPS) is 19.5. The van der Waals surface area contributed by atoms with Gasteiger partial charge in [-0.15, -0.1) is 0 Å². The molecule has 0 radical (unpaired) electrons. The lowest BCUT2D eigenvalue weighted by Crippen LogP contribution is -2.38. The zero-order valence-corrected chi connectivity index (χ0v) is 8.00. The van der Waals surface area contributed by atoms with Gasteiger partial charge in [0.05, 0.1) is 11.4 Å². The maximum atomic E-state index is 11.5. The number of fused-ring (bicyclic) bond motifs is 1. The highest BCUT2D eigenvalue weighted by atomic mass is 16.2. The van der Waals surface area contributed by atoms with Crippen LogP contribution in [0.25, 0.3) is 0 Å². The fourth-order valence-electron chi connectivity index (χ4n) is 1.55. The molecule has 4 N–H and O–H groups in total. The molecule has 0 aliphatic carbocycles. The molecule has 1 unspecified atom stereocenters. The third-order valence-corrected chi connectivity index (χ3v) is 2.36. The molecule has 1 heterocycles. The zero-order valence-electron chi connectivity index (χ0n) is 8.00. The lowest BCUT2D eigenvalue weighted by molar-refractivity contribution is -0.117. The highest BCUT2D eigenvalue weighted by molar-refractivity contribution is 6.03. The smallest absolute Gasteiger partial charge is 0.246 e. The second kappa shape index (κ2) is 3.21. The molecule has 1 aliphatic rings. The van der Waals surface area contributed by atoms with Gasteiger partial charge in [-0.2, -0.15) is 0 Å². The predicted molar refractivity (Wildman–Crippen MR) is 57.2 cm³/mol. The van der Waals surface area contributed by atoms with E-state index in [0.717, 1.165) is 17.8 Å². The SMILES string of the molecule is CCC1Nc2ccc(N)cc2NC1=O. The predicted octanol–water partition coefficient (Wildman–Crippen LogP) is 1.41. The molecule has 4 heteroatoms. The molecular weight excluding hydrogens is 178 g/mol. The largest absolute Gasteiger partial charge is 0.399 e. The van der Waals surface area contributed by atoms with E-state index in [4.69, 9.17) is 5.73 Å². The fraction of sp³-hybridized carbons (Fsp3) is 0.300. The summed E-state index contributed by atoms with van der Waals surface area (Å²) in [6.45, 7) is 1.97. The highest BCUT2D eigenvalue weighted by Gasteiger charge is 2.23. The molecule has 4 nitrogen and oxygen atoms in total. The number of nitrogens with one attached hydrogen (secondary N) is 2. The van der Waals surface area contributed by atoms with Gasteiger partial charge < -0.3 is 16.4 Å². The fourth-order valence-corrected chi connectivity index (χ4v) is 1.55. The Morgan fingerprint density at radius 1 is 1.43 bits per heavy atom. The van der Waals surface area contributed by atoms with Gasteiger partial charge in [-0.25, -0.2) is 0 Å². The molecule has 0 aromatic heterocycles. The molecule has 1 aromatic carbocycles. The van der Waals surface area contributed by atoms with Gasteiger partial charge in [0, 0.05) is 5.69 Å². The van der Waals surface area contributed by atoms with E-state index in [1.165, 1.54) is 0 Å². The molecule has 1 atom stereocenters. The van der Waals surface area contributed by atoms with Crippen LogP contribution >= 0.6 is 0 Å². The maximum Gasteiger partial charge on any atom is 0.246 e. The molecule has 0 fully saturated rings. The number of hydrogen-bond acceptors (Lipinski definition) is 3. The van der Waals surface area contributed by atoms with Crippen LogP contribution in [0.2, 0.25) is 0 Å². The van der Waals surface area contributed by atoms with Gasteiger partial charge >= 0.3 is 0 Å². The standard InChI is InChI=1S/C10H13N3O/c1-2-7-10(14)13-9-5-6(11)3-4-8(9)12-7/h3-5,7,12H,2,11H2,1H3,(H,13,14). The van der Waals surface area contributed by atoms with Crippen LogP contribution < -0.4 is 16.4 Å². The lowest BCUT2D eigenvalue weighted by atomic mass is 10.1. The minimum atomic E-state index is -0.133. The Labute approximate surface area is 82.5 Å². The molecule has 0 bridgehead atoms. The second-order valence-electron chi connectivity index (χ2n) is 3.40. The van der Waals surface area contributed by atoms with E-state index >= 15 is 0 Å². The zero-order chi connectivity index (χ0) is 10.1. The number of rotatable bonds is 1. The summed E-state index contributed by atoms with van der Waals surface area (Å²) in [5, 5.41) is 5.98. The van der Waals surface area contributed by atoms with Crippen LogP contribution in [-0.4, -0.2) is 11.9 Å². The van der Waals surface area contributed by atoms with E-state index in [1.54, 1.807) is 6.07 Å². The van der Waals surface area contributed by atoms with Crippen molar-refractivity contribution in [2.45, 2.75) is 19.4 Å². The van der Waals surface area contributed by atoms with Gasteiger partial charge in [-0.1, -0.05) is 6.92 Å². The number of carbonyl (C=O) groups is 1. The van der Waals surface area contributed by atoms with E-state index in [0.29, 0.717) is 5.69 Å². The summed E-state index contributed by atoms with van der Waals surface area (Å²) < 4.78 is 0. The first kappa shape index (κ1) is 8.87. The van der Waals surface area contributed by atoms with Gasteiger partial charge in [-0.05, 0) is 24.6 Å². The number of nitrogen functional groups attached to an aromatic ring is 1. The van der Waals surface area contributed by atoms with E-state index < -0.39 is 0 Å². The third-order valence-electron chi connectivity index (χ3n) is 2.36. The number of nitrogens with two attached hydrogens (primary N) is 1. The summed E-state index contributed by atoms with van der Waals surface area (Å²) in [6.07, 6.45) is 0.773. The van der Waals surface area contributed by atoms with E-state index in [9.17, 15) is 4.79 Å². The van der Waals surface area contributed by atoms with E-state index in [2.05, 4.69) is 10.6 Å². The molecular formula is C10H13N3O. The van der Waals surface area contributed by atoms with Crippen molar-refractivity contribution in [3.8, 4) is 0 Å². The molecule has 14 heavy (non-hydrogen) atoms. The first-order valence-electron chi connectivity index (χ1n) is 4.67. The van der Waals surface area contributed by atoms with E-state index in [-0.39, 0.29) is 11.9 Å². The Morgan fingerprint density at radius 3 is 2.93 bits per heavy atom. The Balaban J connectivity index is 2.35. The summed E-state index contributed by atoms with van der Waals surface area (Å²) in [7, 11) is 0. The van der Waals surface area contributed by atoms with Crippen molar-refractivity contribution in [1.82, 2.24) is 0 Å². The first-order chi connectivity index (χ1) is 6.70. The summed E-state index contributed by atoms with van der Waals surface area (Å²) >= 11 is 0. The minimum absolute atomic E-state index is 0.00519. The van der Waals surface area contributed by atoms with Crippen LogP contribution in [-0.2, 0) is 4.79 Å². The van der Waals surface area contributed by atoms with Crippen molar-refractivity contribution < 1.29 is 4.79 Å². The Morgan fingerprint density at radius 2 is 2.21 bits per heavy atom. The van der Waals surface area contributed by atoms with Crippen LogP contribution in [0.4, 0.5) is 17.1 Å². The quantitative estimate of drug-likeness (QED) is 0.588. The van der Waals surface area contributed by atoms with Gasteiger partial charge in [0.15, 0.2) is 0 Å². The molecule has 0 saturated heterocycles. The van der Waals surface area contributed by atoms with Crippen molar-refractivity contribution in [3.05, 3.63) is 18.2 Å². The first-order valence-corrected chi connectivity index (χ1v) is 4.67. The monoisotopic (exact) mass is 191 g/mol. The lowest BCUT2D eigenvalue weighted by Gasteiger charge is -2.26. The number of carbonyl (C=O) groups excluding carboxylic acids is 1. The van der Waals surface area contributed by atoms with Crippen LogP contribution in [0.3, 0.4) is 0 Å². The average molecular weight is 191 g/mol. The summed E-state index contributed by atoms with van der Waals surface area (Å²) in [5.74, 6) is 0.00519. The van der Waals surface area contributed by atoms with Crippen molar-refractivity contribution in [2.75, 3.05) is 16.4 Å². The number of hydrogen-bond donors (Lipinski definition) is 3. The van der Waals surface area contributed by atoms with Crippen LogP contribution in [0.5, 0.6) is 0 Å². The molecule has 0 spiro atoms. The number of benzene rings is 1. The summed E-state index contributed by atoms with van der Waals surface area (Å²) in [4.78, 5) is 11.5. The number of anilines is 3. The van der Waals surface area contributed by atoms with Crippen molar-refractivity contribution >= 4 is 23.0 Å². The van der Waals surface area contributed by atoms with Crippen molar-refractivity contribution in [1.29, 1.82) is 0 Å². The Bertz CT molecular complexity index is 376. The second-order valence-corrected chi connectivity index (χ2v) is 3.40. The van der Waals surface area contributed by atoms with Gasteiger partial charge in [0.1, 0.15) is 6.04 Å². The van der Waals surface area contributed by atoms with Gasteiger partial charge in [-0.3, -0.25) is 4.79 Å². The summed E-state index contributed by atoms with van der Waals surface area (Å²) in [6, 6.07) is 5.32. The van der Waals surface area contributed by atoms with Crippen LogP contribution in [0, 0.1) is 0 Å². The Kier molecular flexibility index (Phi) is 2.04. The summed E-state index contributed by atoms with van der Waals surface area (Å²) in [5.41, 5.74) is 7.97. The molecule has 1 aromatic rings. The molecule has 1 amide bonds. The average Bonchev–Trinajstić information content (AvgIpc) is 2.16. The third kappa shape index (κ3) is 1.39. The Hall–Kier alpha value is -1.71.